The summed E-state index contributed by atoms with van der Waals surface area (Å²) in [6, 6.07) is 0. The van der Waals surface area contributed by atoms with Crippen molar-refractivity contribution in [2.75, 3.05) is 0 Å². The second-order valence-corrected chi connectivity index (χ2v) is 22.8. The van der Waals surface area contributed by atoms with Crippen LogP contribution in [0.2, 0.25) is 0 Å². The number of carboxylic acid groups (broad SMARTS) is 4. The maximum Gasteiger partial charge on any atom is 2.00 e. The Morgan fingerprint density at radius 1 is 0.207 bits per heavy atom. The van der Waals surface area contributed by atoms with Crippen LogP contribution in [-0.2, 0) is 53.0 Å². The van der Waals surface area contributed by atoms with Crippen LogP contribution in [0.4, 0.5) is 0 Å². The maximum atomic E-state index is 10.2. The molecule has 0 fully saturated rings. The molecular weight excluding hydrogens is 1110 g/mol. The Bertz CT molecular complexity index is 1150. The zero-order valence-electron chi connectivity index (χ0n) is 54.2. The normalized spacial score (nSPS) is 11.0. The van der Waals surface area contributed by atoms with E-state index in [0.717, 1.165) is 77.0 Å². The van der Waals surface area contributed by atoms with Crippen LogP contribution in [0.3, 0.4) is 0 Å². The van der Waals surface area contributed by atoms with Crippen molar-refractivity contribution in [3.63, 3.8) is 0 Å². The molecule has 0 aromatic heterocycles. The minimum atomic E-state index is -0.914. The standard InChI is InChI=1S/4C18H34O2.Co.Fe/c4*1-2-3-4-5-6-7-8-9-10-11-12-13-14-15-16-17-18(19)20;;/h4*9-10H,2-8,11-17H2,1H3,(H,19,20);;/q;;;;2*+2/p-4/b4*10-9-;;. The molecule has 0 aliphatic rings. The van der Waals surface area contributed by atoms with E-state index in [1.807, 2.05) is 0 Å². The quantitative estimate of drug-likeness (QED) is 0.0330. The summed E-state index contributed by atoms with van der Waals surface area (Å²) in [7, 11) is 0. The Hall–Kier alpha value is -2.13. The van der Waals surface area contributed by atoms with Crippen LogP contribution in [0.15, 0.2) is 48.6 Å². The minimum absolute atomic E-state index is 0. The monoisotopic (exact) mass is 1240 g/mol. The van der Waals surface area contributed by atoms with Gasteiger partial charge in [0.2, 0.25) is 0 Å². The van der Waals surface area contributed by atoms with Gasteiger partial charge in [0.05, 0.1) is 0 Å². The molecular formula is C72H132CoFeO8. The van der Waals surface area contributed by atoms with Crippen LogP contribution in [0.5, 0.6) is 0 Å². The summed E-state index contributed by atoms with van der Waals surface area (Å²) >= 11 is 0. The van der Waals surface area contributed by atoms with Crippen molar-refractivity contribution >= 4 is 23.9 Å². The molecule has 0 saturated heterocycles. The fraction of sp³-hybridized carbons (Fsp3) is 0.833. The van der Waals surface area contributed by atoms with E-state index >= 15 is 0 Å². The summed E-state index contributed by atoms with van der Waals surface area (Å²) in [4.78, 5) is 40.9. The summed E-state index contributed by atoms with van der Waals surface area (Å²) in [6.45, 7) is 9.02. The van der Waals surface area contributed by atoms with Gasteiger partial charge in [0.15, 0.2) is 0 Å². The van der Waals surface area contributed by atoms with Gasteiger partial charge in [-0.15, -0.1) is 0 Å². The van der Waals surface area contributed by atoms with Crippen LogP contribution in [-0.4, -0.2) is 23.9 Å². The van der Waals surface area contributed by atoms with Gasteiger partial charge in [-0.2, -0.15) is 0 Å². The Balaban J connectivity index is -0.000000233. The Morgan fingerprint density at radius 2 is 0.317 bits per heavy atom. The number of unbranched alkanes of at least 4 members (excludes halogenated alkanes) is 44. The third kappa shape index (κ3) is 106. The van der Waals surface area contributed by atoms with Crippen molar-refractivity contribution in [1.29, 1.82) is 0 Å². The molecule has 0 bridgehead atoms. The number of carboxylic acids is 4. The summed E-state index contributed by atoms with van der Waals surface area (Å²) in [5, 5.41) is 40.9. The predicted molar refractivity (Wildman–Crippen MR) is 338 cm³/mol. The second-order valence-electron chi connectivity index (χ2n) is 22.8. The van der Waals surface area contributed by atoms with E-state index in [-0.39, 0.29) is 59.5 Å². The predicted octanol–water partition coefficient (Wildman–Crippen LogP) is 19.1. The molecule has 0 spiro atoms. The molecule has 0 aromatic rings. The van der Waals surface area contributed by atoms with Gasteiger partial charge < -0.3 is 39.6 Å². The van der Waals surface area contributed by atoms with Crippen molar-refractivity contribution in [2.45, 2.75) is 387 Å². The number of hydrogen-bond acceptors (Lipinski definition) is 8. The van der Waals surface area contributed by atoms with Crippen molar-refractivity contribution in [1.82, 2.24) is 0 Å². The van der Waals surface area contributed by atoms with Gasteiger partial charge in [-0.3, -0.25) is 0 Å². The maximum absolute atomic E-state index is 10.2. The molecule has 0 aliphatic heterocycles. The first-order valence-electron chi connectivity index (χ1n) is 34.5. The second kappa shape index (κ2) is 87.6. The van der Waals surface area contributed by atoms with Gasteiger partial charge >= 0.3 is 33.8 Å². The molecule has 0 unspecified atom stereocenters. The Kier molecular flexibility index (Phi) is 97.3. The molecule has 10 heteroatoms. The van der Waals surface area contributed by atoms with E-state index in [1.165, 1.54) is 257 Å². The van der Waals surface area contributed by atoms with Crippen LogP contribution in [0.1, 0.15) is 387 Å². The molecule has 0 atom stereocenters. The van der Waals surface area contributed by atoms with Gasteiger partial charge in [-0.25, -0.2) is 0 Å². The number of aliphatic carboxylic acids is 4. The fourth-order valence-corrected chi connectivity index (χ4v) is 9.36. The van der Waals surface area contributed by atoms with Gasteiger partial charge in [0.1, 0.15) is 0 Å². The van der Waals surface area contributed by atoms with Crippen molar-refractivity contribution in [3.8, 4) is 0 Å². The SMILES string of the molecule is CCCCCCCC/C=C\CCCCCCCC(=O)[O-].CCCCCCCC/C=C\CCCCCCCC(=O)[O-].CCCCCCCC/C=C\CCCCCCCC(=O)[O-].CCCCCCCC/C=C\CCCCCCCC(=O)[O-].[Co+2].[Fe+2]. The molecule has 82 heavy (non-hydrogen) atoms. The first-order chi connectivity index (χ1) is 39.1. The molecule has 0 rings (SSSR count). The molecule has 0 aliphatic carbocycles. The van der Waals surface area contributed by atoms with Gasteiger partial charge in [-0.1, -0.05) is 282 Å². The van der Waals surface area contributed by atoms with Crippen LogP contribution < -0.4 is 20.4 Å². The zero-order valence-corrected chi connectivity index (χ0v) is 56.3. The van der Waals surface area contributed by atoms with Crippen molar-refractivity contribution in [2.24, 2.45) is 0 Å². The molecule has 0 aromatic carbocycles. The number of carbonyl (C=O) groups is 4. The average molecular weight is 1240 g/mol. The zero-order chi connectivity index (χ0) is 59.6. The van der Waals surface area contributed by atoms with Crippen molar-refractivity contribution < 1.29 is 73.5 Å². The van der Waals surface area contributed by atoms with Crippen LogP contribution >= 0.6 is 0 Å². The van der Waals surface area contributed by atoms with E-state index in [1.54, 1.807) is 0 Å². The van der Waals surface area contributed by atoms with E-state index < -0.39 is 23.9 Å². The van der Waals surface area contributed by atoms with Crippen molar-refractivity contribution in [3.05, 3.63) is 48.6 Å². The van der Waals surface area contributed by atoms with E-state index in [0.29, 0.717) is 0 Å². The summed E-state index contributed by atoms with van der Waals surface area (Å²) in [6.07, 6.45) is 83.6. The molecule has 0 heterocycles. The fourth-order valence-electron chi connectivity index (χ4n) is 9.36. The largest absolute Gasteiger partial charge is 2.00 e. The first kappa shape index (κ1) is 91.0. The van der Waals surface area contributed by atoms with Gasteiger partial charge in [-0.05, 0) is 154 Å². The summed E-state index contributed by atoms with van der Waals surface area (Å²) in [5.74, 6) is -3.66. The summed E-state index contributed by atoms with van der Waals surface area (Å²) < 4.78 is 0. The Labute approximate surface area is 530 Å². The van der Waals surface area contributed by atoms with Crippen LogP contribution in [0.25, 0.3) is 0 Å². The average Bonchev–Trinajstić information content (AvgIpc) is 3.43. The molecule has 0 saturated carbocycles. The molecule has 485 valence electrons. The third-order valence-electron chi connectivity index (χ3n) is 14.6. The molecule has 0 N–H and O–H groups in total. The van der Waals surface area contributed by atoms with Gasteiger partial charge in [0, 0.05) is 23.9 Å². The minimum Gasteiger partial charge on any atom is -0.550 e. The molecule has 0 amide bonds. The number of carbonyl (C=O) groups excluding carboxylic acids is 4. The van der Waals surface area contributed by atoms with E-state index in [4.69, 9.17) is 0 Å². The topological polar surface area (TPSA) is 161 Å². The van der Waals surface area contributed by atoms with Gasteiger partial charge in [0.25, 0.3) is 0 Å². The molecule has 8 nitrogen and oxygen atoms in total. The smallest absolute Gasteiger partial charge is 0.550 e. The summed E-state index contributed by atoms with van der Waals surface area (Å²) in [5.41, 5.74) is 0. The Morgan fingerprint density at radius 3 is 0.439 bits per heavy atom. The van der Waals surface area contributed by atoms with Crippen LogP contribution in [0, 0.1) is 0 Å². The number of rotatable bonds is 60. The number of hydrogen-bond donors (Lipinski definition) is 0. The molecule has 1 radical (unpaired) electrons. The number of allylic oxidation sites excluding steroid dienone is 8. The van der Waals surface area contributed by atoms with E-state index in [2.05, 4.69) is 76.3 Å². The third-order valence-corrected chi connectivity index (χ3v) is 14.6. The first-order valence-corrected chi connectivity index (χ1v) is 34.5. The van der Waals surface area contributed by atoms with E-state index in [9.17, 15) is 39.6 Å².